The molecular weight excluding hydrogens is 317 g/mol. The van der Waals surface area contributed by atoms with E-state index < -0.39 is 26.4 Å². The molecule has 0 aliphatic rings. The van der Waals surface area contributed by atoms with E-state index in [0.29, 0.717) is 0 Å². The monoisotopic (exact) mass is 328 g/mol. The fourth-order valence-corrected chi connectivity index (χ4v) is 3.19. The summed E-state index contributed by atoms with van der Waals surface area (Å²) in [6, 6.07) is 13.7. The maximum atomic E-state index is 12.9. The molecule has 0 bridgehead atoms. The molecule has 0 spiro atoms. The zero-order valence-corrected chi connectivity index (χ0v) is 11.9. The topological polar surface area (TPSA) is 51.2 Å². The Bertz CT molecular complexity index is 754. The quantitative estimate of drug-likeness (QED) is 0.807. The van der Waals surface area contributed by atoms with Crippen molar-refractivity contribution in [1.82, 2.24) is 0 Å². The first-order chi connectivity index (χ1) is 10.2. The molecule has 1 atom stereocenters. The molecule has 0 saturated carbocycles. The first-order valence-corrected chi connectivity index (χ1v) is 7.74. The molecule has 0 aromatic heterocycles. The van der Waals surface area contributed by atoms with Crippen LogP contribution in [0.15, 0.2) is 60.7 Å². The van der Waals surface area contributed by atoms with Gasteiger partial charge in [0.05, 0.1) is 0 Å². The Morgan fingerprint density at radius 1 is 0.864 bits per heavy atom. The molecule has 0 aliphatic carbocycles. The molecule has 0 heterocycles. The summed E-state index contributed by atoms with van der Waals surface area (Å²) in [7, 11) is -5.69. The first kappa shape index (κ1) is 16.2. The van der Waals surface area contributed by atoms with E-state index in [2.05, 4.69) is 0 Å². The van der Waals surface area contributed by atoms with Gasteiger partial charge in [0.15, 0.2) is 11.0 Å². The standard InChI is InChI=1S/C15H11F3O3S/c16-15(17,18)22(20,21)14(12-9-5-2-6-10-12)13(19)11-7-3-1-4-8-11/h1-10,14H. The average Bonchev–Trinajstić information content (AvgIpc) is 2.48. The van der Waals surface area contributed by atoms with Gasteiger partial charge < -0.3 is 0 Å². The highest BCUT2D eigenvalue weighted by molar-refractivity contribution is 7.93. The second-order valence-corrected chi connectivity index (χ2v) is 6.54. The van der Waals surface area contributed by atoms with Crippen molar-refractivity contribution in [2.24, 2.45) is 0 Å². The number of hydrogen-bond acceptors (Lipinski definition) is 3. The molecule has 7 heteroatoms. The van der Waals surface area contributed by atoms with Crippen LogP contribution in [0.25, 0.3) is 0 Å². The number of halogens is 3. The molecule has 116 valence electrons. The van der Waals surface area contributed by atoms with Gasteiger partial charge in [-0.2, -0.15) is 13.2 Å². The number of alkyl halides is 3. The molecule has 0 N–H and O–H groups in total. The SMILES string of the molecule is O=C(c1ccccc1)C(c1ccccc1)S(=O)(=O)C(F)(F)F. The smallest absolute Gasteiger partial charge is 0.292 e. The van der Waals surface area contributed by atoms with E-state index in [1.807, 2.05) is 0 Å². The Hall–Kier alpha value is -2.15. The highest BCUT2D eigenvalue weighted by Crippen LogP contribution is 2.37. The number of sulfone groups is 1. The van der Waals surface area contributed by atoms with E-state index >= 15 is 0 Å². The Kier molecular flexibility index (Phi) is 4.37. The summed E-state index contributed by atoms with van der Waals surface area (Å²) in [6.45, 7) is 0. The highest BCUT2D eigenvalue weighted by atomic mass is 32.2. The number of rotatable bonds is 4. The third-order valence-corrected chi connectivity index (χ3v) is 4.78. The second kappa shape index (κ2) is 5.92. The van der Waals surface area contributed by atoms with Crippen LogP contribution >= 0.6 is 0 Å². The van der Waals surface area contributed by atoms with Crippen LogP contribution in [-0.4, -0.2) is 19.7 Å². The normalized spacial score (nSPS) is 13.6. The fourth-order valence-electron chi connectivity index (χ4n) is 1.99. The Labute approximate surface area is 125 Å². The van der Waals surface area contributed by atoms with Gasteiger partial charge in [0.1, 0.15) is 0 Å². The summed E-state index contributed by atoms with van der Waals surface area (Å²) in [5.41, 5.74) is -5.82. The lowest BCUT2D eigenvalue weighted by molar-refractivity contribution is -0.0443. The van der Waals surface area contributed by atoms with Gasteiger partial charge in [-0.05, 0) is 5.56 Å². The molecule has 1 unspecified atom stereocenters. The van der Waals surface area contributed by atoms with Gasteiger partial charge in [-0.25, -0.2) is 8.42 Å². The molecule has 0 aliphatic heterocycles. The summed E-state index contributed by atoms with van der Waals surface area (Å²) in [5.74, 6) is -1.11. The van der Waals surface area contributed by atoms with Gasteiger partial charge in [-0.1, -0.05) is 60.7 Å². The minimum Gasteiger partial charge on any atom is -0.292 e. The van der Waals surface area contributed by atoms with Gasteiger partial charge in [0.2, 0.25) is 0 Å². The van der Waals surface area contributed by atoms with Crippen LogP contribution in [0.2, 0.25) is 0 Å². The maximum Gasteiger partial charge on any atom is 0.498 e. The molecule has 22 heavy (non-hydrogen) atoms. The van der Waals surface area contributed by atoms with Crippen molar-refractivity contribution in [3.8, 4) is 0 Å². The maximum absolute atomic E-state index is 12.9. The van der Waals surface area contributed by atoms with Crippen molar-refractivity contribution in [3.05, 3.63) is 71.8 Å². The second-order valence-electron chi connectivity index (χ2n) is 4.51. The minimum absolute atomic E-state index is 0.0934. The van der Waals surface area contributed by atoms with Crippen LogP contribution in [0, 0.1) is 0 Å². The van der Waals surface area contributed by atoms with E-state index in [1.54, 1.807) is 6.07 Å². The highest BCUT2D eigenvalue weighted by Gasteiger charge is 2.53. The lowest BCUT2D eigenvalue weighted by Crippen LogP contribution is -2.33. The molecule has 0 amide bonds. The Balaban J connectivity index is 2.60. The number of benzene rings is 2. The third kappa shape index (κ3) is 3.04. The predicted molar refractivity (Wildman–Crippen MR) is 74.9 cm³/mol. The fraction of sp³-hybridized carbons (Fsp3) is 0.133. The van der Waals surface area contributed by atoms with Crippen LogP contribution in [0.4, 0.5) is 13.2 Å². The molecule has 0 radical (unpaired) electrons. The summed E-state index contributed by atoms with van der Waals surface area (Å²) in [4.78, 5) is 12.4. The van der Waals surface area contributed by atoms with E-state index in [4.69, 9.17) is 0 Å². The number of carbonyl (C=O) groups excluding carboxylic acids is 1. The third-order valence-electron chi connectivity index (χ3n) is 3.03. The van der Waals surface area contributed by atoms with Gasteiger partial charge in [0, 0.05) is 5.56 Å². The Morgan fingerprint density at radius 2 is 1.32 bits per heavy atom. The lowest BCUT2D eigenvalue weighted by atomic mass is 10.0. The number of hydrogen-bond donors (Lipinski definition) is 0. The van der Waals surface area contributed by atoms with Crippen LogP contribution in [-0.2, 0) is 9.84 Å². The van der Waals surface area contributed by atoms with E-state index in [0.717, 1.165) is 0 Å². The summed E-state index contributed by atoms with van der Waals surface area (Å²) < 4.78 is 62.4. The summed E-state index contributed by atoms with van der Waals surface area (Å²) in [5, 5.41) is -2.31. The van der Waals surface area contributed by atoms with Gasteiger partial charge >= 0.3 is 5.51 Å². The van der Waals surface area contributed by atoms with Crippen LogP contribution in [0.1, 0.15) is 21.2 Å². The summed E-state index contributed by atoms with van der Waals surface area (Å²) >= 11 is 0. The number of Topliss-reactive ketones (excluding diaryl/α,β-unsaturated/α-hetero) is 1. The molecule has 2 aromatic rings. The van der Waals surface area contributed by atoms with Gasteiger partial charge in [-0.3, -0.25) is 4.79 Å². The van der Waals surface area contributed by atoms with Crippen molar-refractivity contribution in [2.45, 2.75) is 10.8 Å². The molecule has 0 fully saturated rings. The largest absolute Gasteiger partial charge is 0.498 e. The molecular formula is C15H11F3O3S. The minimum atomic E-state index is -5.69. The van der Waals surface area contributed by atoms with Crippen LogP contribution in [0.5, 0.6) is 0 Å². The molecule has 2 rings (SSSR count). The van der Waals surface area contributed by atoms with Gasteiger partial charge in [0.25, 0.3) is 9.84 Å². The van der Waals surface area contributed by atoms with E-state index in [1.165, 1.54) is 54.6 Å². The molecule has 3 nitrogen and oxygen atoms in total. The molecule has 2 aromatic carbocycles. The zero-order chi connectivity index (χ0) is 16.4. The molecule has 0 saturated heterocycles. The zero-order valence-electron chi connectivity index (χ0n) is 11.1. The van der Waals surface area contributed by atoms with E-state index in [9.17, 15) is 26.4 Å². The average molecular weight is 328 g/mol. The van der Waals surface area contributed by atoms with Crippen LogP contribution < -0.4 is 0 Å². The van der Waals surface area contributed by atoms with E-state index in [-0.39, 0.29) is 11.1 Å². The van der Waals surface area contributed by atoms with Crippen LogP contribution in [0.3, 0.4) is 0 Å². The number of carbonyl (C=O) groups is 1. The summed E-state index contributed by atoms with van der Waals surface area (Å²) in [6.07, 6.45) is 0. The lowest BCUT2D eigenvalue weighted by Gasteiger charge is -2.18. The predicted octanol–water partition coefficient (Wildman–Crippen LogP) is 3.55. The van der Waals surface area contributed by atoms with Crippen molar-refractivity contribution in [3.63, 3.8) is 0 Å². The first-order valence-electron chi connectivity index (χ1n) is 6.19. The van der Waals surface area contributed by atoms with Crippen molar-refractivity contribution in [2.75, 3.05) is 0 Å². The Morgan fingerprint density at radius 3 is 1.77 bits per heavy atom. The van der Waals surface area contributed by atoms with Crippen molar-refractivity contribution >= 4 is 15.6 Å². The van der Waals surface area contributed by atoms with Gasteiger partial charge in [-0.15, -0.1) is 0 Å². The number of ketones is 1. The van der Waals surface area contributed by atoms with Crippen molar-refractivity contribution < 1.29 is 26.4 Å². The van der Waals surface area contributed by atoms with Crippen molar-refractivity contribution in [1.29, 1.82) is 0 Å².